The number of hydrogen-bond donors (Lipinski definition) is 0. The maximum atomic E-state index is 11.4. The number of hydrogen-bond acceptors (Lipinski definition) is 3. The van der Waals surface area contributed by atoms with E-state index < -0.39 is 0 Å². The van der Waals surface area contributed by atoms with Gasteiger partial charge in [0.2, 0.25) is 0 Å². The summed E-state index contributed by atoms with van der Waals surface area (Å²) in [7, 11) is 0. The van der Waals surface area contributed by atoms with E-state index in [9.17, 15) is 4.79 Å². The van der Waals surface area contributed by atoms with Gasteiger partial charge in [0.1, 0.15) is 0 Å². The molecule has 0 aliphatic carbocycles. The van der Waals surface area contributed by atoms with Crippen molar-refractivity contribution in [3.05, 3.63) is 0 Å². The molecule has 0 radical (unpaired) electrons. The first-order valence-corrected chi connectivity index (χ1v) is 9.65. The molecule has 0 N–H and O–H groups in total. The first kappa shape index (κ1) is 21.7. The highest BCUT2D eigenvalue weighted by Crippen LogP contribution is 2.15. The van der Waals surface area contributed by atoms with E-state index in [2.05, 4.69) is 16.7 Å². The largest absolute Gasteiger partial charge is 0.345 e. The molecular formula is C18H35ClO3. The highest BCUT2D eigenvalue weighted by atomic mass is 35.5. The molecule has 1 unspecified atom stereocenters. The maximum absolute atomic E-state index is 11.4. The molecule has 0 heterocycles. The van der Waals surface area contributed by atoms with Crippen LogP contribution in [0.5, 0.6) is 0 Å². The van der Waals surface area contributed by atoms with Crippen LogP contribution in [0.15, 0.2) is 0 Å². The summed E-state index contributed by atoms with van der Waals surface area (Å²) in [5.41, 5.74) is 0. The van der Waals surface area contributed by atoms with E-state index in [-0.39, 0.29) is 18.0 Å². The van der Waals surface area contributed by atoms with E-state index in [0.717, 1.165) is 12.8 Å². The highest BCUT2D eigenvalue weighted by Gasteiger charge is 2.14. The zero-order valence-electron chi connectivity index (χ0n) is 14.6. The highest BCUT2D eigenvalue weighted by molar-refractivity contribution is 6.17. The number of halogens is 1. The Hall–Kier alpha value is -0.280. The minimum Gasteiger partial charge on any atom is -0.297 e. The predicted molar refractivity (Wildman–Crippen MR) is 92.8 cm³/mol. The molecule has 0 aromatic rings. The molecule has 3 nitrogen and oxygen atoms in total. The predicted octanol–water partition coefficient (Wildman–Crippen LogP) is 6.38. The van der Waals surface area contributed by atoms with E-state index in [1.54, 1.807) is 0 Å². The van der Waals surface area contributed by atoms with Crippen LogP contribution in [0.3, 0.4) is 0 Å². The second-order valence-corrected chi connectivity index (χ2v) is 6.43. The Bertz CT molecular complexity index is 246. The fraction of sp³-hybridized carbons (Fsp3) is 0.944. The fourth-order valence-corrected chi connectivity index (χ4v) is 2.62. The number of alkyl halides is 1. The number of carbonyl (C=O) groups excluding carboxylic acids is 1. The number of rotatable bonds is 16. The fourth-order valence-electron chi connectivity index (χ4n) is 2.57. The van der Waals surface area contributed by atoms with Crippen LogP contribution in [0, 0.1) is 5.92 Å². The molecule has 0 bridgehead atoms. The Labute approximate surface area is 142 Å². The first-order chi connectivity index (χ1) is 10.7. The summed E-state index contributed by atoms with van der Waals surface area (Å²) in [4.78, 5) is 20.4. The van der Waals surface area contributed by atoms with Crippen molar-refractivity contribution in [1.82, 2.24) is 0 Å². The Morgan fingerprint density at radius 2 is 1.32 bits per heavy atom. The summed E-state index contributed by atoms with van der Waals surface area (Å²) >= 11 is 5.28. The quantitative estimate of drug-likeness (QED) is 0.142. The second kappa shape index (κ2) is 17.1. The maximum Gasteiger partial charge on any atom is 0.345 e. The third kappa shape index (κ3) is 14.6. The van der Waals surface area contributed by atoms with Gasteiger partial charge in [0.15, 0.2) is 6.07 Å². The molecule has 0 aromatic heterocycles. The third-order valence-corrected chi connectivity index (χ3v) is 4.17. The number of unbranched alkanes of at least 4 members (excludes halogenated alkanes) is 11. The van der Waals surface area contributed by atoms with Gasteiger partial charge >= 0.3 is 5.97 Å². The lowest BCUT2D eigenvalue weighted by atomic mass is 10.0. The van der Waals surface area contributed by atoms with Crippen LogP contribution in [-0.2, 0) is 14.6 Å². The minimum atomic E-state index is -0.316. The van der Waals surface area contributed by atoms with Crippen LogP contribution in [0.2, 0.25) is 0 Å². The molecular weight excluding hydrogens is 300 g/mol. The Balaban J connectivity index is 3.21. The zero-order chi connectivity index (χ0) is 16.5. The molecule has 0 rings (SSSR count). The van der Waals surface area contributed by atoms with Gasteiger partial charge in [-0.1, -0.05) is 102 Å². The molecule has 0 aliphatic heterocycles. The topological polar surface area (TPSA) is 35.5 Å². The van der Waals surface area contributed by atoms with Crippen LogP contribution < -0.4 is 0 Å². The number of carbonyl (C=O) groups is 1. The van der Waals surface area contributed by atoms with Crippen LogP contribution >= 0.6 is 11.6 Å². The van der Waals surface area contributed by atoms with Crippen LogP contribution in [0.25, 0.3) is 0 Å². The van der Waals surface area contributed by atoms with Crippen LogP contribution in [0.1, 0.15) is 97.3 Å². The lowest BCUT2D eigenvalue weighted by Crippen LogP contribution is -2.14. The summed E-state index contributed by atoms with van der Waals surface area (Å²) in [6, 6.07) is -0.114. The van der Waals surface area contributed by atoms with Crippen LogP contribution in [0.4, 0.5) is 0 Å². The summed E-state index contributed by atoms with van der Waals surface area (Å²) in [5.74, 6) is -0.421. The molecule has 1 atom stereocenters. The second-order valence-electron chi connectivity index (χ2n) is 6.21. The molecule has 0 aliphatic rings. The van der Waals surface area contributed by atoms with Crippen molar-refractivity contribution in [2.75, 3.05) is 6.07 Å². The SMILES string of the molecule is CCCCCCCCCCCCCCC(C)C(=O)OOCCl. The molecule has 0 saturated carbocycles. The van der Waals surface area contributed by atoms with Gasteiger partial charge in [-0.15, -0.1) is 0 Å². The van der Waals surface area contributed by atoms with Crippen LogP contribution in [-0.4, -0.2) is 12.0 Å². The normalized spacial score (nSPS) is 12.3. The lowest BCUT2D eigenvalue weighted by molar-refractivity contribution is -0.264. The summed E-state index contributed by atoms with van der Waals surface area (Å²) < 4.78 is 0. The Morgan fingerprint density at radius 1 is 0.864 bits per heavy atom. The van der Waals surface area contributed by atoms with Gasteiger partial charge in [-0.25, -0.2) is 4.79 Å². The summed E-state index contributed by atoms with van der Waals surface area (Å²) in [5, 5.41) is 0. The van der Waals surface area contributed by atoms with Gasteiger partial charge in [0, 0.05) is 0 Å². The first-order valence-electron chi connectivity index (χ1n) is 9.11. The minimum absolute atomic E-state index is 0.105. The van der Waals surface area contributed by atoms with E-state index >= 15 is 0 Å². The van der Waals surface area contributed by atoms with Gasteiger partial charge in [0.25, 0.3) is 0 Å². The van der Waals surface area contributed by atoms with Gasteiger partial charge in [0.05, 0.1) is 5.92 Å². The van der Waals surface area contributed by atoms with Crippen molar-refractivity contribution in [2.24, 2.45) is 5.92 Å². The lowest BCUT2D eigenvalue weighted by Gasteiger charge is -2.09. The Morgan fingerprint density at radius 3 is 1.77 bits per heavy atom. The van der Waals surface area contributed by atoms with E-state index in [4.69, 9.17) is 11.6 Å². The molecule has 0 amide bonds. The van der Waals surface area contributed by atoms with Gasteiger partial charge in [-0.2, -0.15) is 4.89 Å². The molecule has 0 saturated heterocycles. The van der Waals surface area contributed by atoms with E-state index in [1.165, 1.54) is 70.6 Å². The zero-order valence-corrected chi connectivity index (χ0v) is 15.3. The molecule has 22 heavy (non-hydrogen) atoms. The monoisotopic (exact) mass is 334 g/mol. The van der Waals surface area contributed by atoms with Gasteiger partial charge < -0.3 is 0 Å². The van der Waals surface area contributed by atoms with E-state index in [1.807, 2.05) is 6.92 Å². The van der Waals surface area contributed by atoms with E-state index in [0.29, 0.717) is 0 Å². The summed E-state index contributed by atoms with van der Waals surface area (Å²) in [6.45, 7) is 4.13. The van der Waals surface area contributed by atoms with Crippen molar-refractivity contribution in [3.8, 4) is 0 Å². The summed E-state index contributed by atoms with van der Waals surface area (Å²) in [6.07, 6.45) is 16.8. The van der Waals surface area contributed by atoms with Gasteiger partial charge in [-0.3, -0.25) is 4.89 Å². The van der Waals surface area contributed by atoms with Crippen molar-refractivity contribution in [3.63, 3.8) is 0 Å². The molecule has 0 fully saturated rings. The third-order valence-electron chi connectivity index (χ3n) is 4.08. The van der Waals surface area contributed by atoms with Crippen molar-refractivity contribution >= 4 is 17.6 Å². The van der Waals surface area contributed by atoms with Crippen molar-refractivity contribution < 1.29 is 14.6 Å². The average molecular weight is 335 g/mol. The molecule has 0 spiro atoms. The average Bonchev–Trinajstić information content (AvgIpc) is 2.53. The smallest absolute Gasteiger partial charge is 0.297 e. The van der Waals surface area contributed by atoms with Crippen molar-refractivity contribution in [2.45, 2.75) is 97.3 Å². The molecule has 4 heteroatoms. The standard InChI is InChI=1S/C18H35ClO3/c1-3-4-5-6-7-8-9-10-11-12-13-14-15-17(2)18(20)22-21-16-19/h17H,3-16H2,1-2H3. The molecule has 132 valence electrons. The molecule has 0 aromatic carbocycles. The van der Waals surface area contributed by atoms with Gasteiger partial charge in [-0.05, 0) is 6.42 Å². The Kier molecular flexibility index (Phi) is 16.9. The van der Waals surface area contributed by atoms with Crippen molar-refractivity contribution in [1.29, 1.82) is 0 Å².